The molecule has 1 aliphatic rings. The molecule has 3 aromatic carbocycles. The third-order valence-corrected chi connectivity index (χ3v) is 7.96. The molecule has 196 valence electrons. The zero-order valence-electron chi connectivity index (χ0n) is 21.9. The zero-order valence-corrected chi connectivity index (χ0v) is 22.7. The number of amides is 1. The first-order valence-electron chi connectivity index (χ1n) is 13.0. The van der Waals surface area contributed by atoms with Gasteiger partial charge < -0.3 is 14.5 Å². The fourth-order valence-corrected chi connectivity index (χ4v) is 5.66. The van der Waals surface area contributed by atoms with E-state index in [-0.39, 0.29) is 5.91 Å². The standard InChI is InChI=1S/C30H33N5O2S/c1-3-33-16-18-34(19-17-33)29(36)27-15-8-7-12-25(27)22-38-30-32-31-28(24-13-9-14-26(20-24)37-2)35(30)21-23-10-5-4-6-11-23/h4-15,20H,3,16-19,21-22H2,1-2H3. The third-order valence-electron chi connectivity index (χ3n) is 6.94. The molecule has 0 aliphatic carbocycles. The predicted molar refractivity (Wildman–Crippen MR) is 152 cm³/mol. The molecule has 0 spiro atoms. The van der Waals surface area contributed by atoms with Gasteiger partial charge in [-0.15, -0.1) is 10.2 Å². The summed E-state index contributed by atoms with van der Waals surface area (Å²) >= 11 is 1.61. The first-order valence-corrected chi connectivity index (χ1v) is 14.0. The molecule has 0 radical (unpaired) electrons. The summed E-state index contributed by atoms with van der Waals surface area (Å²) in [5.41, 5.74) is 3.89. The Hall–Kier alpha value is -3.62. The molecule has 0 N–H and O–H groups in total. The van der Waals surface area contributed by atoms with Crippen molar-refractivity contribution in [1.82, 2.24) is 24.6 Å². The SMILES string of the molecule is CCN1CCN(C(=O)c2ccccc2CSc2nnc(-c3cccc(OC)c3)n2Cc2ccccc2)CC1. The molecule has 0 atom stereocenters. The van der Waals surface area contributed by atoms with E-state index < -0.39 is 0 Å². The fourth-order valence-electron chi connectivity index (χ4n) is 4.71. The van der Waals surface area contributed by atoms with Crippen molar-refractivity contribution in [2.45, 2.75) is 24.4 Å². The Labute approximate surface area is 228 Å². The molecule has 1 amide bonds. The number of carbonyl (C=O) groups excluding carboxylic acids is 1. The molecule has 1 saturated heterocycles. The van der Waals surface area contributed by atoms with Crippen LogP contribution >= 0.6 is 11.8 Å². The van der Waals surface area contributed by atoms with Gasteiger partial charge in [0, 0.05) is 43.1 Å². The maximum Gasteiger partial charge on any atom is 0.254 e. The Balaban J connectivity index is 1.39. The number of piperazine rings is 1. The second kappa shape index (κ2) is 12.3. The summed E-state index contributed by atoms with van der Waals surface area (Å²) in [7, 11) is 1.66. The summed E-state index contributed by atoms with van der Waals surface area (Å²) in [6, 6.07) is 26.1. The van der Waals surface area contributed by atoms with Crippen molar-refractivity contribution in [2.75, 3.05) is 39.8 Å². The van der Waals surface area contributed by atoms with Crippen molar-refractivity contribution in [1.29, 1.82) is 0 Å². The highest BCUT2D eigenvalue weighted by Gasteiger charge is 2.23. The van der Waals surface area contributed by atoms with Crippen LogP contribution in [0.4, 0.5) is 0 Å². The highest BCUT2D eigenvalue weighted by Crippen LogP contribution is 2.30. The number of hydrogen-bond donors (Lipinski definition) is 0. The molecule has 0 saturated carbocycles. The fraction of sp³-hybridized carbons (Fsp3) is 0.300. The minimum atomic E-state index is 0.111. The van der Waals surface area contributed by atoms with Crippen LogP contribution in [0.3, 0.4) is 0 Å². The van der Waals surface area contributed by atoms with Crippen molar-refractivity contribution in [2.24, 2.45) is 0 Å². The molecule has 2 heterocycles. The number of carbonyl (C=O) groups is 1. The second-order valence-electron chi connectivity index (χ2n) is 9.28. The average molecular weight is 528 g/mol. The predicted octanol–water partition coefficient (Wildman–Crippen LogP) is 5.07. The van der Waals surface area contributed by atoms with Crippen LogP contribution in [-0.2, 0) is 12.3 Å². The lowest BCUT2D eigenvalue weighted by Gasteiger charge is -2.34. The highest BCUT2D eigenvalue weighted by atomic mass is 32.2. The van der Waals surface area contributed by atoms with Crippen LogP contribution in [0, 0.1) is 0 Å². The van der Waals surface area contributed by atoms with Gasteiger partial charge in [-0.1, -0.05) is 79.3 Å². The van der Waals surface area contributed by atoms with Crippen LogP contribution in [-0.4, -0.2) is 70.3 Å². The summed E-state index contributed by atoms with van der Waals surface area (Å²) < 4.78 is 7.59. The lowest BCUT2D eigenvalue weighted by Crippen LogP contribution is -2.48. The Kier molecular flexibility index (Phi) is 8.41. The van der Waals surface area contributed by atoms with Crippen molar-refractivity contribution >= 4 is 17.7 Å². The van der Waals surface area contributed by atoms with E-state index in [0.29, 0.717) is 12.3 Å². The topological polar surface area (TPSA) is 63.5 Å². The molecule has 8 heteroatoms. The molecule has 0 unspecified atom stereocenters. The van der Waals surface area contributed by atoms with Gasteiger partial charge in [-0.3, -0.25) is 9.36 Å². The number of rotatable bonds is 9. The van der Waals surface area contributed by atoms with Crippen LogP contribution in [0.2, 0.25) is 0 Å². The average Bonchev–Trinajstić information content (AvgIpc) is 3.38. The highest BCUT2D eigenvalue weighted by molar-refractivity contribution is 7.98. The number of aromatic nitrogens is 3. The molecule has 4 aromatic rings. The van der Waals surface area contributed by atoms with Crippen molar-refractivity contribution < 1.29 is 9.53 Å². The van der Waals surface area contributed by atoms with Gasteiger partial charge in [0.2, 0.25) is 0 Å². The Bertz CT molecular complexity index is 1370. The van der Waals surface area contributed by atoms with E-state index in [1.165, 1.54) is 5.56 Å². The van der Waals surface area contributed by atoms with E-state index in [1.54, 1.807) is 18.9 Å². The van der Waals surface area contributed by atoms with Crippen molar-refractivity contribution in [3.05, 3.63) is 95.6 Å². The van der Waals surface area contributed by atoms with E-state index in [2.05, 4.69) is 38.7 Å². The minimum absolute atomic E-state index is 0.111. The molecule has 38 heavy (non-hydrogen) atoms. The van der Waals surface area contributed by atoms with Gasteiger partial charge >= 0.3 is 0 Å². The first kappa shape index (κ1) is 26.0. The maximum atomic E-state index is 13.4. The number of ether oxygens (including phenoxy) is 1. The number of methoxy groups -OCH3 is 1. The zero-order chi connectivity index (χ0) is 26.3. The first-order chi connectivity index (χ1) is 18.7. The molecule has 7 nitrogen and oxygen atoms in total. The lowest BCUT2D eigenvalue weighted by atomic mass is 10.1. The Morgan fingerprint density at radius 3 is 2.45 bits per heavy atom. The maximum absolute atomic E-state index is 13.4. The molecular weight excluding hydrogens is 494 g/mol. The molecule has 1 aromatic heterocycles. The number of likely N-dealkylation sites (N-methyl/N-ethyl adjacent to an activating group) is 1. The normalized spacial score (nSPS) is 14.0. The van der Waals surface area contributed by atoms with Crippen LogP contribution in [0.1, 0.15) is 28.4 Å². The number of benzene rings is 3. The van der Waals surface area contributed by atoms with Crippen LogP contribution in [0.5, 0.6) is 5.75 Å². The summed E-state index contributed by atoms with van der Waals surface area (Å²) in [5, 5.41) is 9.96. The lowest BCUT2D eigenvalue weighted by molar-refractivity contribution is 0.0642. The van der Waals surface area contributed by atoms with Gasteiger partial charge in [-0.05, 0) is 35.9 Å². The quantitative estimate of drug-likeness (QED) is 0.283. The van der Waals surface area contributed by atoms with E-state index >= 15 is 0 Å². The van der Waals surface area contributed by atoms with Crippen molar-refractivity contribution in [3.63, 3.8) is 0 Å². The molecule has 1 aliphatic heterocycles. The molecular formula is C30H33N5O2S. The van der Waals surface area contributed by atoms with Gasteiger partial charge in [0.05, 0.1) is 13.7 Å². The van der Waals surface area contributed by atoms with Gasteiger partial charge in [-0.2, -0.15) is 0 Å². The summed E-state index contributed by atoms with van der Waals surface area (Å²) in [5.74, 6) is 2.30. The number of thioether (sulfide) groups is 1. The van der Waals surface area contributed by atoms with E-state index in [4.69, 9.17) is 4.74 Å². The summed E-state index contributed by atoms with van der Waals surface area (Å²) in [6.07, 6.45) is 0. The monoisotopic (exact) mass is 527 g/mol. The summed E-state index contributed by atoms with van der Waals surface area (Å²) in [4.78, 5) is 17.8. The van der Waals surface area contributed by atoms with Crippen molar-refractivity contribution in [3.8, 4) is 17.1 Å². The van der Waals surface area contributed by atoms with Crippen LogP contribution in [0.15, 0.2) is 84.0 Å². The summed E-state index contributed by atoms with van der Waals surface area (Å²) in [6.45, 7) is 7.22. The van der Waals surface area contributed by atoms with Gasteiger partial charge in [-0.25, -0.2) is 0 Å². The minimum Gasteiger partial charge on any atom is -0.497 e. The Morgan fingerprint density at radius 1 is 0.921 bits per heavy atom. The molecule has 5 rings (SSSR count). The smallest absolute Gasteiger partial charge is 0.254 e. The van der Waals surface area contributed by atoms with E-state index in [1.807, 2.05) is 71.6 Å². The number of nitrogens with zero attached hydrogens (tertiary/aromatic N) is 5. The molecule has 1 fully saturated rings. The second-order valence-corrected chi connectivity index (χ2v) is 10.2. The van der Waals surface area contributed by atoms with Gasteiger partial charge in [0.25, 0.3) is 5.91 Å². The van der Waals surface area contributed by atoms with Gasteiger partial charge in [0.15, 0.2) is 11.0 Å². The largest absolute Gasteiger partial charge is 0.497 e. The van der Waals surface area contributed by atoms with E-state index in [9.17, 15) is 4.79 Å². The third kappa shape index (κ3) is 5.92. The van der Waals surface area contributed by atoms with Crippen LogP contribution < -0.4 is 4.74 Å². The van der Waals surface area contributed by atoms with Crippen LogP contribution in [0.25, 0.3) is 11.4 Å². The number of hydrogen-bond acceptors (Lipinski definition) is 6. The van der Waals surface area contributed by atoms with E-state index in [0.717, 1.165) is 66.1 Å². The molecule has 0 bridgehead atoms. The Morgan fingerprint density at radius 2 is 1.68 bits per heavy atom. The van der Waals surface area contributed by atoms with Gasteiger partial charge in [0.1, 0.15) is 5.75 Å².